The topological polar surface area (TPSA) is 60.2 Å². The molecule has 6 nitrogen and oxygen atoms in total. The van der Waals surface area contributed by atoms with Crippen LogP contribution in [0.25, 0.3) is 0 Å². The van der Waals surface area contributed by atoms with Gasteiger partial charge in [0.15, 0.2) is 0 Å². The second-order valence-corrected chi connectivity index (χ2v) is 6.88. The first kappa shape index (κ1) is 16.3. The maximum atomic E-state index is 13.0. The minimum absolute atomic E-state index is 0.0449. The van der Waals surface area contributed by atoms with Crippen molar-refractivity contribution in [1.82, 2.24) is 19.7 Å². The van der Waals surface area contributed by atoms with E-state index in [2.05, 4.69) is 17.0 Å². The molecule has 1 saturated carbocycles. The van der Waals surface area contributed by atoms with Crippen LogP contribution in [0.1, 0.15) is 59.1 Å². The minimum atomic E-state index is -0.114. The van der Waals surface area contributed by atoms with E-state index in [1.54, 1.807) is 0 Å². The lowest BCUT2D eigenvalue weighted by molar-refractivity contribution is -0.0229. The highest BCUT2D eigenvalue weighted by Crippen LogP contribution is 2.39. The van der Waals surface area contributed by atoms with Crippen molar-refractivity contribution in [2.75, 3.05) is 19.7 Å². The Labute approximate surface area is 147 Å². The second-order valence-electron chi connectivity index (χ2n) is 6.88. The molecule has 0 N–H and O–H groups in total. The van der Waals surface area contributed by atoms with Crippen LogP contribution in [0.2, 0.25) is 0 Å². The van der Waals surface area contributed by atoms with Gasteiger partial charge in [-0.05, 0) is 38.8 Å². The summed E-state index contributed by atoms with van der Waals surface area (Å²) in [4.78, 5) is 19.5. The average Bonchev–Trinajstić information content (AvgIpc) is 3.38. The number of rotatable bonds is 4. The van der Waals surface area contributed by atoms with Gasteiger partial charge in [0.2, 0.25) is 0 Å². The molecule has 0 aromatic carbocycles. The van der Waals surface area contributed by atoms with E-state index < -0.39 is 0 Å². The van der Waals surface area contributed by atoms with Crippen molar-refractivity contribution in [3.63, 3.8) is 0 Å². The summed E-state index contributed by atoms with van der Waals surface area (Å²) in [7, 11) is 0. The third-order valence-corrected chi connectivity index (χ3v) is 5.04. The Hall–Kier alpha value is -2.21. The normalized spacial score (nSPS) is 20.7. The van der Waals surface area contributed by atoms with Gasteiger partial charge >= 0.3 is 0 Å². The van der Waals surface area contributed by atoms with Crippen molar-refractivity contribution in [3.05, 3.63) is 47.0 Å². The Morgan fingerprint density at radius 3 is 2.88 bits per heavy atom. The number of amides is 1. The lowest BCUT2D eigenvalue weighted by atomic mass is 10.1. The van der Waals surface area contributed by atoms with Crippen LogP contribution in [0.15, 0.2) is 24.5 Å². The van der Waals surface area contributed by atoms with Crippen molar-refractivity contribution in [2.45, 2.75) is 45.3 Å². The zero-order valence-corrected chi connectivity index (χ0v) is 14.8. The molecule has 6 heteroatoms. The standard InChI is InChI=1S/C19H24N4O2/c1-3-23-11-15(10-20-23)18-12-22(8-9-25-18)19(24)16-6-7-17(14-4-5-14)21-13(16)2/h6-7,10-11,14,18H,3-5,8-9,12H2,1-2H3. The summed E-state index contributed by atoms with van der Waals surface area (Å²) in [5.74, 6) is 0.647. The summed E-state index contributed by atoms with van der Waals surface area (Å²) >= 11 is 0. The molecule has 1 aliphatic carbocycles. The molecule has 1 aliphatic heterocycles. The number of ether oxygens (including phenoxy) is 1. The molecular weight excluding hydrogens is 316 g/mol. The Balaban J connectivity index is 1.49. The summed E-state index contributed by atoms with van der Waals surface area (Å²) in [5.41, 5.74) is 3.68. The summed E-state index contributed by atoms with van der Waals surface area (Å²) < 4.78 is 7.74. The first-order valence-electron chi connectivity index (χ1n) is 9.06. The molecule has 25 heavy (non-hydrogen) atoms. The van der Waals surface area contributed by atoms with Gasteiger partial charge < -0.3 is 9.64 Å². The number of aryl methyl sites for hydroxylation is 2. The van der Waals surface area contributed by atoms with Gasteiger partial charge in [-0.2, -0.15) is 5.10 Å². The van der Waals surface area contributed by atoms with Crippen LogP contribution in [0.3, 0.4) is 0 Å². The SMILES string of the molecule is CCn1cc(C2CN(C(=O)c3ccc(C4CC4)nc3C)CCO2)cn1. The molecule has 0 radical (unpaired) electrons. The van der Waals surface area contributed by atoms with Crippen LogP contribution in [0.5, 0.6) is 0 Å². The summed E-state index contributed by atoms with van der Waals surface area (Å²) in [6, 6.07) is 3.96. The van der Waals surface area contributed by atoms with Gasteiger partial charge in [0.05, 0.1) is 30.6 Å². The molecule has 2 aromatic heterocycles. The second kappa shape index (κ2) is 6.59. The van der Waals surface area contributed by atoms with Crippen molar-refractivity contribution in [1.29, 1.82) is 0 Å². The molecule has 0 spiro atoms. The summed E-state index contributed by atoms with van der Waals surface area (Å²) in [5, 5.41) is 4.31. The molecule has 132 valence electrons. The first-order chi connectivity index (χ1) is 12.2. The molecule has 3 heterocycles. The van der Waals surface area contributed by atoms with Crippen molar-refractivity contribution < 1.29 is 9.53 Å². The predicted molar refractivity (Wildman–Crippen MR) is 93.4 cm³/mol. The van der Waals surface area contributed by atoms with Gasteiger partial charge in [0.25, 0.3) is 5.91 Å². The monoisotopic (exact) mass is 340 g/mol. The van der Waals surface area contributed by atoms with Crippen LogP contribution < -0.4 is 0 Å². The highest BCUT2D eigenvalue weighted by molar-refractivity contribution is 5.95. The van der Waals surface area contributed by atoms with E-state index in [0.29, 0.717) is 31.2 Å². The molecule has 0 bridgehead atoms. The van der Waals surface area contributed by atoms with Crippen LogP contribution in [0, 0.1) is 6.92 Å². The average molecular weight is 340 g/mol. The Morgan fingerprint density at radius 1 is 1.36 bits per heavy atom. The summed E-state index contributed by atoms with van der Waals surface area (Å²) in [6.07, 6.45) is 6.15. The number of carbonyl (C=O) groups is 1. The van der Waals surface area contributed by atoms with E-state index >= 15 is 0 Å². The molecule has 2 aliphatic rings. The Morgan fingerprint density at radius 2 is 2.20 bits per heavy atom. The number of carbonyl (C=O) groups excluding carboxylic acids is 1. The van der Waals surface area contributed by atoms with E-state index in [-0.39, 0.29) is 12.0 Å². The molecule has 1 amide bonds. The number of nitrogens with zero attached hydrogens (tertiary/aromatic N) is 4. The third kappa shape index (κ3) is 3.31. The summed E-state index contributed by atoms with van der Waals surface area (Å²) in [6.45, 7) is 6.52. The quantitative estimate of drug-likeness (QED) is 0.858. The van der Waals surface area contributed by atoms with E-state index in [1.807, 2.05) is 41.0 Å². The van der Waals surface area contributed by atoms with Gasteiger partial charge in [0, 0.05) is 36.5 Å². The van der Waals surface area contributed by atoms with E-state index in [1.165, 1.54) is 12.8 Å². The molecule has 4 rings (SSSR count). The number of pyridine rings is 1. The first-order valence-corrected chi connectivity index (χ1v) is 9.06. The fourth-order valence-electron chi connectivity index (χ4n) is 3.34. The van der Waals surface area contributed by atoms with Crippen LogP contribution in [0.4, 0.5) is 0 Å². The fourth-order valence-corrected chi connectivity index (χ4v) is 3.34. The number of hydrogen-bond acceptors (Lipinski definition) is 4. The maximum Gasteiger partial charge on any atom is 0.255 e. The zero-order chi connectivity index (χ0) is 17.4. The molecule has 1 saturated heterocycles. The third-order valence-electron chi connectivity index (χ3n) is 5.04. The van der Waals surface area contributed by atoms with Crippen LogP contribution in [-0.2, 0) is 11.3 Å². The largest absolute Gasteiger partial charge is 0.370 e. The van der Waals surface area contributed by atoms with Crippen molar-refractivity contribution in [3.8, 4) is 0 Å². The predicted octanol–water partition coefficient (Wildman–Crippen LogP) is 2.70. The van der Waals surface area contributed by atoms with E-state index in [4.69, 9.17) is 4.74 Å². The molecular formula is C19H24N4O2. The zero-order valence-electron chi connectivity index (χ0n) is 14.8. The number of morpholine rings is 1. The van der Waals surface area contributed by atoms with Gasteiger partial charge in [-0.1, -0.05) is 0 Å². The smallest absolute Gasteiger partial charge is 0.255 e. The maximum absolute atomic E-state index is 13.0. The van der Waals surface area contributed by atoms with Gasteiger partial charge in [-0.25, -0.2) is 0 Å². The van der Waals surface area contributed by atoms with E-state index in [0.717, 1.165) is 23.5 Å². The van der Waals surface area contributed by atoms with Crippen LogP contribution in [-0.4, -0.2) is 45.3 Å². The fraction of sp³-hybridized carbons (Fsp3) is 0.526. The Bertz CT molecular complexity index is 781. The highest BCUT2D eigenvalue weighted by atomic mass is 16.5. The van der Waals surface area contributed by atoms with E-state index in [9.17, 15) is 4.79 Å². The number of aromatic nitrogens is 3. The highest BCUT2D eigenvalue weighted by Gasteiger charge is 2.29. The lowest BCUT2D eigenvalue weighted by Crippen LogP contribution is -2.42. The van der Waals surface area contributed by atoms with Gasteiger partial charge in [0.1, 0.15) is 6.10 Å². The molecule has 2 aromatic rings. The van der Waals surface area contributed by atoms with Crippen molar-refractivity contribution >= 4 is 5.91 Å². The number of hydrogen-bond donors (Lipinski definition) is 0. The Kier molecular flexibility index (Phi) is 4.29. The molecule has 2 fully saturated rings. The lowest BCUT2D eigenvalue weighted by Gasteiger charge is -2.32. The van der Waals surface area contributed by atoms with Gasteiger partial charge in [-0.3, -0.25) is 14.5 Å². The molecule has 1 atom stereocenters. The minimum Gasteiger partial charge on any atom is -0.370 e. The van der Waals surface area contributed by atoms with Crippen molar-refractivity contribution in [2.24, 2.45) is 0 Å². The molecule has 1 unspecified atom stereocenters. The van der Waals surface area contributed by atoms with Gasteiger partial charge in [-0.15, -0.1) is 0 Å². The van der Waals surface area contributed by atoms with Crippen LogP contribution >= 0.6 is 0 Å².